The third-order valence-electron chi connectivity index (χ3n) is 6.29. The summed E-state index contributed by atoms with van der Waals surface area (Å²) in [5.74, 6) is -0.859. The first-order valence-corrected chi connectivity index (χ1v) is 12.7. The molecule has 1 saturated heterocycles. The van der Waals surface area contributed by atoms with Crippen molar-refractivity contribution in [3.63, 3.8) is 0 Å². The fourth-order valence-electron chi connectivity index (χ4n) is 4.40. The van der Waals surface area contributed by atoms with Crippen molar-refractivity contribution >= 4 is 23.0 Å². The van der Waals surface area contributed by atoms with Crippen LogP contribution in [0.4, 0.5) is 4.39 Å². The monoisotopic (exact) mass is 511 g/mol. The molecular formula is C26H26FN3O5S. The van der Waals surface area contributed by atoms with Crippen molar-refractivity contribution < 1.29 is 28.6 Å². The number of thiazole rings is 1. The number of nitrogens with one attached hydrogen (secondary N) is 1. The number of amides is 1. The molecule has 0 saturated carbocycles. The number of halogens is 1. The van der Waals surface area contributed by atoms with E-state index in [-0.39, 0.29) is 11.5 Å². The van der Waals surface area contributed by atoms with Crippen LogP contribution >= 0.6 is 11.3 Å². The molecule has 2 N–H and O–H groups in total. The second-order valence-electron chi connectivity index (χ2n) is 8.81. The molecule has 36 heavy (non-hydrogen) atoms. The van der Waals surface area contributed by atoms with Crippen molar-refractivity contribution in [2.75, 3.05) is 32.8 Å². The van der Waals surface area contributed by atoms with Gasteiger partial charge in [-0.25, -0.2) is 9.37 Å². The van der Waals surface area contributed by atoms with E-state index < -0.39 is 23.8 Å². The summed E-state index contributed by atoms with van der Waals surface area (Å²) in [5.41, 5.74) is 1.22. The molecule has 2 aromatic carbocycles. The summed E-state index contributed by atoms with van der Waals surface area (Å²) in [6.07, 6.45) is 1.03. The highest BCUT2D eigenvalue weighted by Crippen LogP contribution is 2.33. The van der Waals surface area contributed by atoms with Gasteiger partial charge in [-0.05, 0) is 67.9 Å². The summed E-state index contributed by atoms with van der Waals surface area (Å²) in [4.78, 5) is 32.3. The van der Waals surface area contributed by atoms with Gasteiger partial charge in [-0.2, -0.15) is 0 Å². The maximum atomic E-state index is 13.2. The summed E-state index contributed by atoms with van der Waals surface area (Å²) < 4.78 is 24.4. The fourth-order valence-corrected chi connectivity index (χ4v) is 5.20. The highest BCUT2D eigenvalue weighted by atomic mass is 32.1. The number of rotatable bonds is 8. The number of aliphatic hydroxyl groups excluding tert-OH is 1. The van der Waals surface area contributed by atoms with Gasteiger partial charge in [-0.1, -0.05) is 6.07 Å². The molecule has 188 valence electrons. The van der Waals surface area contributed by atoms with E-state index in [2.05, 4.69) is 15.2 Å². The van der Waals surface area contributed by atoms with E-state index in [9.17, 15) is 19.1 Å². The lowest BCUT2D eigenvalue weighted by Gasteiger charge is -2.29. The van der Waals surface area contributed by atoms with Crippen LogP contribution in [-0.4, -0.2) is 65.6 Å². The summed E-state index contributed by atoms with van der Waals surface area (Å²) in [7, 11) is 0. The number of Topliss-reactive ketones (excluding diaryl/α,β-unsaturated/α-hetero) is 1. The summed E-state index contributed by atoms with van der Waals surface area (Å²) in [6, 6.07) is 10.2. The van der Waals surface area contributed by atoms with Crippen LogP contribution in [0.2, 0.25) is 0 Å². The van der Waals surface area contributed by atoms with Gasteiger partial charge in [-0.15, -0.1) is 11.3 Å². The van der Waals surface area contributed by atoms with Crippen LogP contribution in [0.15, 0.2) is 47.8 Å². The molecule has 2 unspecified atom stereocenters. The Labute approximate surface area is 211 Å². The lowest BCUT2D eigenvalue weighted by Crippen LogP contribution is -2.48. The minimum Gasteiger partial charge on any atom is -0.486 e. The Hall–Kier alpha value is -3.34. The number of ether oxygens (including phenoxy) is 2. The molecular weight excluding hydrogens is 485 g/mol. The average Bonchev–Trinajstić information content (AvgIpc) is 3.60. The number of likely N-dealkylation sites (tertiary alicyclic amines) is 1. The molecule has 1 amide bonds. The van der Waals surface area contributed by atoms with E-state index in [0.717, 1.165) is 25.9 Å². The summed E-state index contributed by atoms with van der Waals surface area (Å²) >= 11 is 1.20. The minimum atomic E-state index is -1.07. The van der Waals surface area contributed by atoms with Crippen molar-refractivity contribution in [1.82, 2.24) is 15.2 Å². The number of aromatic nitrogens is 1. The largest absolute Gasteiger partial charge is 0.486 e. The molecule has 0 aliphatic carbocycles. The van der Waals surface area contributed by atoms with Crippen molar-refractivity contribution in [2.45, 2.75) is 25.0 Å². The molecule has 8 nitrogen and oxygen atoms in total. The molecule has 2 aliphatic rings. The highest BCUT2D eigenvalue weighted by molar-refractivity contribution is 7.13. The van der Waals surface area contributed by atoms with Crippen LogP contribution in [0.3, 0.4) is 0 Å². The normalized spacial score (nSPS) is 16.9. The van der Waals surface area contributed by atoms with E-state index >= 15 is 0 Å². The predicted molar refractivity (Wildman–Crippen MR) is 132 cm³/mol. The van der Waals surface area contributed by atoms with Crippen molar-refractivity contribution in [2.24, 2.45) is 0 Å². The summed E-state index contributed by atoms with van der Waals surface area (Å²) in [6.45, 7) is 3.00. The van der Waals surface area contributed by atoms with Gasteiger partial charge in [0.15, 0.2) is 11.5 Å². The second kappa shape index (κ2) is 10.7. The number of aliphatic hydroxyl groups is 1. The topological polar surface area (TPSA) is 101 Å². The van der Waals surface area contributed by atoms with E-state index in [1.54, 1.807) is 30.3 Å². The number of benzene rings is 2. The van der Waals surface area contributed by atoms with Gasteiger partial charge in [0.2, 0.25) is 0 Å². The van der Waals surface area contributed by atoms with Crippen LogP contribution in [-0.2, 0) is 4.79 Å². The van der Waals surface area contributed by atoms with Crippen LogP contribution in [0.5, 0.6) is 11.5 Å². The predicted octanol–water partition coefficient (Wildman–Crippen LogP) is 3.22. The number of fused-ring (bicyclic) bond motifs is 1. The van der Waals surface area contributed by atoms with Gasteiger partial charge in [0.1, 0.15) is 35.8 Å². The van der Waals surface area contributed by atoms with E-state index in [0.29, 0.717) is 47.4 Å². The quantitative estimate of drug-likeness (QED) is 0.354. The average molecular weight is 512 g/mol. The van der Waals surface area contributed by atoms with Gasteiger partial charge >= 0.3 is 0 Å². The van der Waals surface area contributed by atoms with Gasteiger partial charge in [0, 0.05) is 17.5 Å². The smallest absolute Gasteiger partial charge is 0.294 e. The van der Waals surface area contributed by atoms with Crippen LogP contribution in [0.1, 0.15) is 35.0 Å². The second-order valence-corrected chi connectivity index (χ2v) is 9.67. The molecule has 10 heteroatoms. The standard InChI is InChI=1S/C26H26FN3O5S/c27-18-6-3-16(4-7-18)26-29-20(15-36-26)24(32)25(33)28-19(14-30-9-1-2-10-30)23(31)17-5-8-21-22(13-17)35-12-11-34-21/h3-8,13,15,19,23,31H,1-2,9-12,14H2,(H,28,33). The van der Waals surface area contributed by atoms with Gasteiger partial charge < -0.3 is 24.8 Å². The molecule has 0 bridgehead atoms. The third-order valence-corrected chi connectivity index (χ3v) is 7.18. The van der Waals surface area contributed by atoms with Crippen molar-refractivity contribution in [1.29, 1.82) is 0 Å². The van der Waals surface area contributed by atoms with Crippen LogP contribution in [0.25, 0.3) is 10.6 Å². The van der Waals surface area contributed by atoms with Gasteiger partial charge in [0.05, 0.1) is 6.04 Å². The first-order valence-electron chi connectivity index (χ1n) is 11.8. The molecule has 0 radical (unpaired) electrons. The van der Waals surface area contributed by atoms with Gasteiger partial charge in [-0.3, -0.25) is 9.59 Å². The van der Waals surface area contributed by atoms with E-state index in [1.165, 1.54) is 28.8 Å². The van der Waals surface area contributed by atoms with E-state index in [4.69, 9.17) is 9.47 Å². The Morgan fingerprint density at radius 2 is 1.81 bits per heavy atom. The number of nitrogens with zero attached hydrogens (tertiary/aromatic N) is 2. The number of ketones is 1. The lowest BCUT2D eigenvalue weighted by molar-refractivity contribution is -0.118. The minimum absolute atomic E-state index is 0.00515. The van der Waals surface area contributed by atoms with Gasteiger partial charge in [0.25, 0.3) is 11.7 Å². The van der Waals surface area contributed by atoms with E-state index in [1.807, 2.05) is 0 Å². The summed E-state index contributed by atoms with van der Waals surface area (Å²) in [5, 5.41) is 16.0. The zero-order chi connectivity index (χ0) is 25.1. The molecule has 3 aromatic rings. The van der Waals surface area contributed by atoms with Crippen molar-refractivity contribution in [3.8, 4) is 22.1 Å². The molecule has 2 aliphatic heterocycles. The zero-order valence-corrected chi connectivity index (χ0v) is 20.3. The number of hydrogen-bond acceptors (Lipinski definition) is 8. The van der Waals surface area contributed by atoms with Crippen LogP contribution in [0, 0.1) is 5.82 Å². The Bertz CT molecular complexity index is 1240. The number of carbonyl (C=O) groups excluding carboxylic acids is 2. The molecule has 5 rings (SSSR count). The number of hydrogen-bond donors (Lipinski definition) is 2. The lowest BCUT2D eigenvalue weighted by atomic mass is 10.0. The zero-order valence-electron chi connectivity index (χ0n) is 19.5. The fraction of sp³-hybridized carbons (Fsp3) is 0.346. The number of carbonyl (C=O) groups is 2. The Morgan fingerprint density at radius 3 is 2.56 bits per heavy atom. The first-order chi connectivity index (χ1) is 17.5. The molecule has 3 heterocycles. The molecule has 1 aromatic heterocycles. The molecule has 1 fully saturated rings. The first kappa shape index (κ1) is 24.4. The SMILES string of the molecule is O=C(NC(CN1CCCC1)C(O)c1ccc2c(c1)OCCO2)C(=O)c1csc(-c2ccc(F)cc2)n1. The third kappa shape index (κ3) is 5.40. The maximum Gasteiger partial charge on any atom is 0.294 e. The Morgan fingerprint density at radius 1 is 1.08 bits per heavy atom. The Balaban J connectivity index is 1.32. The Kier molecular flexibility index (Phi) is 7.26. The van der Waals surface area contributed by atoms with Crippen molar-refractivity contribution in [3.05, 3.63) is 64.9 Å². The maximum absolute atomic E-state index is 13.2. The highest BCUT2D eigenvalue weighted by Gasteiger charge is 2.30. The molecule has 2 atom stereocenters. The van der Waals surface area contributed by atoms with Crippen LogP contribution < -0.4 is 14.8 Å². The molecule has 0 spiro atoms.